The van der Waals surface area contributed by atoms with E-state index in [1.54, 1.807) is 5.56 Å². The monoisotopic (exact) mass is 859 g/mol. The molecule has 0 aromatic heterocycles. The standard InChI is InChI=1S/C66H53N/c1-64(2)57-17-6-3-13-51(57)54-31-29-49(36-61(54)64)67(48-27-23-45(24-28-48)44-21-25-47(26-22-44)65-38-41-33-42(39-65)35-43(34-41)40-65)50-30-32-55-52-14-4-7-18-58(52)66(62(55)37-50)59-19-8-5-15-53(59)56-16-9-11-46-12-10-20-60(66)63(46)56/h3-32,36-37,41-43H,33-35,38-40H2,1-2H3. The Morgan fingerprint density at radius 2 is 0.821 bits per heavy atom. The highest BCUT2D eigenvalue weighted by atomic mass is 15.1. The number of fused-ring (bicyclic) bond motifs is 12. The molecule has 0 aliphatic heterocycles. The maximum atomic E-state index is 2.54. The molecule has 9 aromatic carbocycles. The van der Waals surface area contributed by atoms with Crippen LogP contribution in [0.1, 0.15) is 91.3 Å². The zero-order valence-electron chi connectivity index (χ0n) is 38.4. The molecule has 322 valence electrons. The molecule has 0 amide bonds. The Kier molecular flexibility index (Phi) is 7.74. The van der Waals surface area contributed by atoms with Crippen LogP contribution in [0.25, 0.3) is 55.3 Å². The molecule has 7 aliphatic carbocycles. The van der Waals surface area contributed by atoms with Crippen LogP contribution in [0.4, 0.5) is 17.1 Å². The van der Waals surface area contributed by atoms with E-state index >= 15 is 0 Å². The lowest BCUT2D eigenvalue weighted by Gasteiger charge is -2.57. The predicted octanol–water partition coefficient (Wildman–Crippen LogP) is 17.1. The number of benzene rings is 9. The van der Waals surface area contributed by atoms with E-state index in [0.717, 1.165) is 29.1 Å². The Labute approximate surface area is 394 Å². The Morgan fingerprint density at radius 3 is 1.45 bits per heavy atom. The number of hydrogen-bond acceptors (Lipinski definition) is 1. The summed E-state index contributed by atoms with van der Waals surface area (Å²) in [7, 11) is 0. The van der Waals surface area contributed by atoms with Crippen molar-refractivity contribution in [3.8, 4) is 44.5 Å². The second-order valence-corrected chi connectivity index (χ2v) is 21.8. The first-order valence-electron chi connectivity index (χ1n) is 25.0. The molecule has 0 N–H and O–H groups in total. The smallest absolute Gasteiger partial charge is 0.0726 e. The molecule has 0 saturated heterocycles. The first-order valence-corrected chi connectivity index (χ1v) is 25.0. The van der Waals surface area contributed by atoms with Crippen molar-refractivity contribution in [3.63, 3.8) is 0 Å². The Morgan fingerprint density at radius 1 is 0.373 bits per heavy atom. The Bertz CT molecular complexity index is 3490. The van der Waals surface area contributed by atoms with Gasteiger partial charge in [0.2, 0.25) is 0 Å². The normalized spacial score (nSPS) is 23.7. The van der Waals surface area contributed by atoms with E-state index in [0.29, 0.717) is 5.41 Å². The van der Waals surface area contributed by atoms with Crippen molar-refractivity contribution in [2.75, 3.05) is 4.90 Å². The molecule has 7 aliphatic rings. The molecule has 4 saturated carbocycles. The predicted molar refractivity (Wildman–Crippen MR) is 278 cm³/mol. The van der Waals surface area contributed by atoms with Gasteiger partial charge in [0.1, 0.15) is 0 Å². The van der Waals surface area contributed by atoms with Gasteiger partial charge >= 0.3 is 0 Å². The van der Waals surface area contributed by atoms with Gasteiger partial charge in [-0.1, -0.05) is 172 Å². The molecule has 1 spiro atoms. The molecule has 1 unspecified atom stereocenters. The summed E-state index contributed by atoms with van der Waals surface area (Å²) in [6.45, 7) is 4.79. The van der Waals surface area contributed by atoms with Gasteiger partial charge in [-0.25, -0.2) is 0 Å². The van der Waals surface area contributed by atoms with Gasteiger partial charge < -0.3 is 4.90 Å². The van der Waals surface area contributed by atoms with Crippen molar-refractivity contribution in [1.29, 1.82) is 0 Å². The van der Waals surface area contributed by atoms with Gasteiger partial charge in [-0.05, 0) is 192 Å². The summed E-state index contributed by atoms with van der Waals surface area (Å²) in [6.07, 6.45) is 8.66. The molecule has 1 heteroatoms. The minimum absolute atomic E-state index is 0.124. The Hall–Kier alpha value is -6.96. The fourth-order valence-corrected chi connectivity index (χ4v) is 15.6. The minimum atomic E-state index is -0.494. The lowest BCUT2D eigenvalue weighted by molar-refractivity contribution is -0.00518. The van der Waals surface area contributed by atoms with Crippen LogP contribution in [0, 0.1) is 17.8 Å². The summed E-state index contributed by atoms with van der Waals surface area (Å²) in [6, 6.07) is 75.0. The molecule has 0 radical (unpaired) electrons. The highest BCUT2D eigenvalue weighted by Gasteiger charge is 2.52. The fraction of sp³-hybridized carbons (Fsp3) is 0.212. The van der Waals surface area contributed by atoms with E-state index in [-0.39, 0.29) is 5.41 Å². The second kappa shape index (κ2) is 13.6. The van der Waals surface area contributed by atoms with Crippen LogP contribution < -0.4 is 4.90 Å². The summed E-state index contributed by atoms with van der Waals surface area (Å²) >= 11 is 0. The van der Waals surface area contributed by atoms with E-state index in [2.05, 4.69) is 213 Å². The summed E-state index contributed by atoms with van der Waals surface area (Å²) in [4.78, 5) is 2.53. The van der Waals surface area contributed by atoms with Crippen molar-refractivity contribution in [3.05, 3.63) is 233 Å². The highest BCUT2D eigenvalue weighted by Crippen LogP contribution is 2.64. The van der Waals surface area contributed by atoms with Crippen LogP contribution in [0.2, 0.25) is 0 Å². The minimum Gasteiger partial charge on any atom is -0.310 e. The quantitative estimate of drug-likeness (QED) is 0.167. The molecular formula is C66H53N. The molecule has 1 atom stereocenters. The van der Waals surface area contributed by atoms with Crippen LogP contribution >= 0.6 is 0 Å². The largest absolute Gasteiger partial charge is 0.310 e. The molecular weight excluding hydrogens is 807 g/mol. The third-order valence-electron chi connectivity index (χ3n) is 18.0. The van der Waals surface area contributed by atoms with Crippen LogP contribution in [0.15, 0.2) is 194 Å². The van der Waals surface area contributed by atoms with Crippen molar-refractivity contribution < 1.29 is 0 Å². The summed E-state index contributed by atoms with van der Waals surface area (Å²) in [5.74, 6) is 2.85. The average Bonchev–Trinajstić information content (AvgIpc) is 3.78. The summed E-state index contributed by atoms with van der Waals surface area (Å²) in [5, 5.41) is 2.65. The average molecular weight is 860 g/mol. The van der Waals surface area contributed by atoms with Crippen molar-refractivity contribution in [2.45, 2.75) is 68.6 Å². The van der Waals surface area contributed by atoms with Gasteiger partial charge in [-0.3, -0.25) is 0 Å². The summed E-state index contributed by atoms with van der Waals surface area (Å²) < 4.78 is 0. The number of nitrogens with zero attached hydrogens (tertiary/aromatic N) is 1. The fourth-order valence-electron chi connectivity index (χ4n) is 15.6. The Balaban J connectivity index is 0.901. The lowest BCUT2D eigenvalue weighted by atomic mass is 9.48. The van der Waals surface area contributed by atoms with Gasteiger partial charge in [-0.2, -0.15) is 0 Å². The van der Waals surface area contributed by atoms with E-state index in [4.69, 9.17) is 0 Å². The summed E-state index contributed by atoms with van der Waals surface area (Å²) in [5.41, 5.74) is 23.6. The molecule has 4 bridgehead atoms. The van der Waals surface area contributed by atoms with Gasteiger partial charge in [0.15, 0.2) is 0 Å². The first kappa shape index (κ1) is 38.2. The van der Waals surface area contributed by atoms with Gasteiger partial charge in [-0.15, -0.1) is 0 Å². The zero-order valence-corrected chi connectivity index (χ0v) is 38.4. The van der Waals surface area contributed by atoms with Crippen LogP contribution in [-0.2, 0) is 16.2 Å². The molecule has 1 nitrogen and oxygen atoms in total. The molecule has 4 fully saturated rings. The molecule has 16 rings (SSSR count). The van der Waals surface area contributed by atoms with E-state index in [9.17, 15) is 0 Å². The topological polar surface area (TPSA) is 3.24 Å². The third-order valence-corrected chi connectivity index (χ3v) is 18.0. The van der Waals surface area contributed by atoms with Crippen LogP contribution in [0.3, 0.4) is 0 Å². The molecule has 0 heterocycles. The highest BCUT2D eigenvalue weighted by molar-refractivity contribution is 6.07. The van der Waals surface area contributed by atoms with E-state index in [1.807, 2.05) is 0 Å². The maximum absolute atomic E-state index is 2.54. The zero-order chi connectivity index (χ0) is 44.2. The molecule has 67 heavy (non-hydrogen) atoms. The SMILES string of the molecule is CC1(C)c2ccccc2-c2ccc(N(c3ccc(-c4ccc(C56CC7CC(CC(C7)C5)C6)cc4)cc3)c3ccc4c(c3)C3(c5ccccc5-4)c4ccccc4-c4cccc5cccc3c45)cc21. The van der Waals surface area contributed by atoms with Crippen molar-refractivity contribution in [2.24, 2.45) is 17.8 Å². The maximum Gasteiger partial charge on any atom is 0.0726 e. The van der Waals surface area contributed by atoms with Gasteiger partial charge in [0.25, 0.3) is 0 Å². The lowest BCUT2D eigenvalue weighted by Crippen LogP contribution is -2.48. The van der Waals surface area contributed by atoms with E-state index < -0.39 is 5.41 Å². The molecule has 9 aromatic rings. The number of anilines is 3. The van der Waals surface area contributed by atoms with Crippen molar-refractivity contribution >= 4 is 27.8 Å². The first-order chi connectivity index (χ1) is 32.9. The second-order valence-electron chi connectivity index (χ2n) is 21.8. The van der Waals surface area contributed by atoms with Gasteiger partial charge in [0, 0.05) is 22.5 Å². The van der Waals surface area contributed by atoms with Crippen LogP contribution in [-0.4, -0.2) is 0 Å². The number of rotatable bonds is 5. The van der Waals surface area contributed by atoms with Crippen LogP contribution in [0.5, 0.6) is 0 Å². The van der Waals surface area contributed by atoms with Crippen molar-refractivity contribution in [1.82, 2.24) is 0 Å². The van der Waals surface area contributed by atoms with E-state index in [1.165, 1.54) is 133 Å². The number of hydrogen-bond donors (Lipinski definition) is 0. The van der Waals surface area contributed by atoms with Gasteiger partial charge in [0.05, 0.1) is 5.41 Å². The third kappa shape index (κ3) is 5.15.